The number of amides is 1. The van der Waals surface area contributed by atoms with Gasteiger partial charge >= 0.3 is 0 Å². The summed E-state index contributed by atoms with van der Waals surface area (Å²) in [6.07, 6.45) is 0.596. The van der Waals surface area contributed by atoms with E-state index in [0.717, 1.165) is 22.6 Å². The molecule has 2 aromatic carbocycles. The largest absolute Gasteiger partial charge is 0.497 e. The molecule has 154 valence electrons. The Morgan fingerprint density at radius 3 is 2.40 bits per heavy atom. The van der Waals surface area contributed by atoms with Crippen molar-refractivity contribution in [3.63, 3.8) is 0 Å². The van der Waals surface area contributed by atoms with Gasteiger partial charge in [-0.25, -0.2) is 5.01 Å². The molecule has 0 saturated carbocycles. The number of nitrogens with zero attached hydrogens (tertiary/aromatic N) is 2. The maximum absolute atomic E-state index is 13.2. The minimum atomic E-state index is -0.200. The van der Waals surface area contributed by atoms with Crippen LogP contribution in [0.5, 0.6) is 17.2 Å². The van der Waals surface area contributed by atoms with Gasteiger partial charge in [0.15, 0.2) is 11.5 Å². The molecule has 2 heterocycles. The van der Waals surface area contributed by atoms with Gasteiger partial charge in [0.2, 0.25) is 0 Å². The van der Waals surface area contributed by atoms with Crippen LogP contribution in [-0.4, -0.2) is 38.0 Å². The molecule has 0 spiro atoms. The van der Waals surface area contributed by atoms with Gasteiger partial charge in [0.25, 0.3) is 5.91 Å². The lowest BCUT2D eigenvalue weighted by molar-refractivity contribution is 0.0716. The van der Waals surface area contributed by atoms with Crippen LogP contribution in [0.25, 0.3) is 0 Å². The third-order valence-electron chi connectivity index (χ3n) is 5.07. The van der Waals surface area contributed by atoms with E-state index >= 15 is 0 Å². The Kier molecular flexibility index (Phi) is 5.72. The van der Waals surface area contributed by atoms with Gasteiger partial charge in [0.05, 0.1) is 38.0 Å². The molecule has 1 aliphatic heterocycles. The Labute approximate surface area is 179 Å². The van der Waals surface area contributed by atoms with E-state index in [2.05, 4.69) is 0 Å². The Morgan fingerprint density at radius 2 is 1.77 bits per heavy atom. The summed E-state index contributed by atoms with van der Waals surface area (Å²) in [4.78, 5) is 13.8. The molecular weight excluding hydrogens is 400 g/mol. The fourth-order valence-electron chi connectivity index (χ4n) is 3.49. The lowest BCUT2D eigenvalue weighted by Crippen LogP contribution is -2.26. The van der Waals surface area contributed by atoms with Crippen molar-refractivity contribution >= 4 is 23.0 Å². The fourth-order valence-corrected chi connectivity index (χ4v) is 4.14. The molecule has 6 nitrogen and oxygen atoms in total. The first-order chi connectivity index (χ1) is 14.6. The summed E-state index contributed by atoms with van der Waals surface area (Å²) in [7, 11) is 4.84. The van der Waals surface area contributed by atoms with Crippen molar-refractivity contribution in [2.75, 3.05) is 21.3 Å². The second-order valence-electron chi connectivity index (χ2n) is 6.74. The van der Waals surface area contributed by atoms with Crippen molar-refractivity contribution in [3.05, 3.63) is 76.0 Å². The summed E-state index contributed by atoms with van der Waals surface area (Å²) >= 11 is 1.41. The molecule has 1 atom stereocenters. The standard InChI is InChI=1S/C23H22N2O4S/c1-27-17-9-6-15(7-10-17)19-14-18(16-8-11-20(28-2)21(13-16)29-3)24-25(19)23(26)22-5-4-12-30-22/h4-13,19H,14H2,1-3H3. The minimum absolute atomic E-state index is 0.110. The van der Waals surface area contributed by atoms with E-state index < -0.39 is 0 Å². The number of carbonyl (C=O) groups excluding carboxylic acids is 1. The average Bonchev–Trinajstić information content (AvgIpc) is 3.49. The summed E-state index contributed by atoms with van der Waals surface area (Å²) in [5.74, 6) is 1.94. The number of carbonyl (C=O) groups is 1. The van der Waals surface area contributed by atoms with Crippen LogP contribution < -0.4 is 14.2 Å². The number of ether oxygens (including phenoxy) is 3. The first kappa shape index (κ1) is 20.0. The number of rotatable bonds is 6. The average molecular weight is 423 g/mol. The van der Waals surface area contributed by atoms with Gasteiger partial charge in [-0.1, -0.05) is 18.2 Å². The molecule has 0 saturated heterocycles. The van der Waals surface area contributed by atoms with E-state index in [4.69, 9.17) is 19.3 Å². The number of methoxy groups -OCH3 is 3. The Bertz CT molecular complexity index is 1060. The van der Waals surface area contributed by atoms with Crippen molar-refractivity contribution in [1.29, 1.82) is 0 Å². The molecule has 0 fully saturated rings. The molecule has 3 aromatic rings. The van der Waals surface area contributed by atoms with Gasteiger partial charge in [-0.2, -0.15) is 5.10 Å². The van der Waals surface area contributed by atoms with E-state index in [1.807, 2.05) is 60.0 Å². The maximum atomic E-state index is 13.2. The van der Waals surface area contributed by atoms with Gasteiger partial charge in [-0.05, 0) is 47.3 Å². The molecule has 4 rings (SSSR count). The Hall–Kier alpha value is -3.32. The number of hydrogen-bond donors (Lipinski definition) is 0. The molecule has 1 amide bonds. The number of benzene rings is 2. The minimum Gasteiger partial charge on any atom is -0.497 e. The highest BCUT2D eigenvalue weighted by Gasteiger charge is 2.34. The predicted octanol–water partition coefficient (Wildman–Crippen LogP) is 4.77. The van der Waals surface area contributed by atoms with Crippen LogP contribution in [0.4, 0.5) is 0 Å². The SMILES string of the molecule is COc1ccc(C2CC(c3ccc(OC)c(OC)c3)=NN2C(=O)c2cccs2)cc1. The maximum Gasteiger partial charge on any atom is 0.284 e. The monoisotopic (exact) mass is 422 g/mol. The summed E-state index contributed by atoms with van der Waals surface area (Å²) in [5.41, 5.74) is 2.72. The zero-order valence-electron chi connectivity index (χ0n) is 17.0. The van der Waals surface area contributed by atoms with Gasteiger partial charge < -0.3 is 14.2 Å². The zero-order chi connectivity index (χ0) is 21.1. The lowest BCUT2D eigenvalue weighted by Gasteiger charge is -2.21. The molecule has 0 N–H and O–H groups in total. The molecular formula is C23H22N2O4S. The third kappa shape index (κ3) is 3.76. The number of hydrogen-bond acceptors (Lipinski definition) is 6. The van der Waals surface area contributed by atoms with Crippen LogP contribution in [0, 0.1) is 0 Å². The van der Waals surface area contributed by atoms with E-state index in [-0.39, 0.29) is 11.9 Å². The van der Waals surface area contributed by atoms with Crippen LogP contribution in [0.15, 0.2) is 65.1 Å². The Balaban J connectivity index is 1.71. The van der Waals surface area contributed by atoms with E-state index in [1.54, 1.807) is 26.3 Å². The summed E-state index contributed by atoms with van der Waals surface area (Å²) in [5, 5.41) is 8.20. The first-order valence-electron chi connectivity index (χ1n) is 9.45. The van der Waals surface area contributed by atoms with Crippen molar-refractivity contribution in [2.45, 2.75) is 12.5 Å². The van der Waals surface area contributed by atoms with Gasteiger partial charge in [0.1, 0.15) is 5.75 Å². The van der Waals surface area contributed by atoms with Crippen molar-refractivity contribution in [2.24, 2.45) is 5.10 Å². The van der Waals surface area contributed by atoms with Crippen molar-refractivity contribution in [3.8, 4) is 17.2 Å². The molecule has 1 aliphatic rings. The zero-order valence-corrected chi connectivity index (χ0v) is 17.8. The molecule has 30 heavy (non-hydrogen) atoms. The normalized spacial score (nSPS) is 15.6. The highest BCUT2D eigenvalue weighted by atomic mass is 32.1. The van der Waals surface area contributed by atoms with Crippen LogP contribution in [-0.2, 0) is 0 Å². The summed E-state index contributed by atoms with van der Waals surface area (Å²) < 4.78 is 16.0. The van der Waals surface area contributed by atoms with E-state index in [0.29, 0.717) is 22.8 Å². The molecule has 7 heteroatoms. The van der Waals surface area contributed by atoms with Crippen LogP contribution in [0.2, 0.25) is 0 Å². The van der Waals surface area contributed by atoms with Gasteiger partial charge in [-0.15, -0.1) is 11.3 Å². The van der Waals surface area contributed by atoms with E-state index in [9.17, 15) is 4.79 Å². The molecule has 0 radical (unpaired) electrons. The summed E-state index contributed by atoms with van der Waals surface area (Å²) in [6, 6.07) is 16.9. The van der Waals surface area contributed by atoms with Gasteiger partial charge in [-0.3, -0.25) is 4.79 Å². The highest BCUT2D eigenvalue weighted by molar-refractivity contribution is 7.12. The van der Waals surface area contributed by atoms with E-state index in [1.165, 1.54) is 11.3 Å². The van der Waals surface area contributed by atoms with Crippen LogP contribution >= 0.6 is 11.3 Å². The second-order valence-corrected chi connectivity index (χ2v) is 7.68. The number of thiophene rings is 1. The van der Waals surface area contributed by atoms with Gasteiger partial charge in [0, 0.05) is 12.0 Å². The molecule has 1 aromatic heterocycles. The second kappa shape index (κ2) is 8.59. The van der Waals surface area contributed by atoms with Crippen molar-refractivity contribution < 1.29 is 19.0 Å². The fraction of sp³-hybridized carbons (Fsp3) is 0.217. The predicted molar refractivity (Wildman–Crippen MR) is 117 cm³/mol. The van der Waals surface area contributed by atoms with Crippen LogP contribution in [0.3, 0.4) is 0 Å². The molecule has 0 aliphatic carbocycles. The first-order valence-corrected chi connectivity index (χ1v) is 10.3. The molecule has 0 bridgehead atoms. The molecule has 1 unspecified atom stereocenters. The Morgan fingerprint density at radius 1 is 1.00 bits per heavy atom. The number of hydrazone groups is 1. The topological polar surface area (TPSA) is 60.4 Å². The highest BCUT2D eigenvalue weighted by Crippen LogP contribution is 2.37. The van der Waals surface area contributed by atoms with Crippen molar-refractivity contribution in [1.82, 2.24) is 5.01 Å². The third-order valence-corrected chi connectivity index (χ3v) is 5.93. The summed E-state index contributed by atoms with van der Waals surface area (Å²) in [6.45, 7) is 0. The van der Waals surface area contributed by atoms with Crippen LogP contribution in [0.1, 0.15) is 33.3 Å². The smallest absolute Gasteiger partial charge is 0.284 e. The lowest BCUT2D eigenvalue weighted by atomic mass is 9.98. The quantitative estimate of drug-likeness (QED) is 0.574.